The Bertz CT molecular complexity index is 362. The van der Waals surface area contributed by atoms with Crippen molar-refractivity contribution in [1.29, 1.82) is 0 Å². The van der Waals surface area contributed by atoms with Gasteiger partial charge in [-0.3, -0.25) is 0 Å². The molecule has 0 aromatic heterocycles. The highest BCUT2D eigenvalue weighted by Gasteiger charge is 2.25. The van der Waals surface area contributed by atoms with Crippen LogP contribution < -0.4 is 0 Å². The second-order valence-electron chi connectivity index (χ2n) is 3.70. The first-order valence-corrected chi connectivity index (χ1v) is 5.03. The molecule has 0 N–H and O–H groups in total. The lowest BCUT2D eigenvalue weighted by molar-refractivity contribution is 0.563. The van der Waals surface area contributed by atoms with Crippen LogP contribution in [0.2, 0.25) is 0 Å². The molecule has 0 radical (unpaired) electrons. The van der Waals surface area contributed by atoms with Crippen molar-refractivity contribution >= 4 is 6.08 Å². The van der Waals surface area contributed by atoms with Gasteiger partial charge in [-0.2, -0.15) is 0 Å². The van der Waals surface area contributed by atoms with Gasteiger partial charge in [0, 0.05) is 0 Å². The maximum Gasteiger partial charge on any atom is 0.234 e. The van der Waals surface area contributed by atoms with Gasteiger partial charge in [0.1, 0.15) is 0 Å². The summed E-state index contributed by atoms with van der Waals surface area (Å²) >= 11 is 0. The molecule has 2 nitrogen and oxygen atoms in total. The van der Waals surface area contributed by atoms with Crippen LogP contribution in [0.1, 0.15) is 29.9 Å². The molecule has 1 saturated carbocycles. The summed E-state index contributed by atoms with van der Waals surface area (Å²) in [6.45, 7) is 0.563. The average molecular weight is 187 g/mol. The highest BCUT2D eigenvalue weighted by atomic mass is 16.1. The van der Waals surface area contributed by atoms with Gasteiger partial charge in [0.05, 0.1) is 6.54 Å². The summed E-state index contributed by atoms with van der Waals surface area (Å²) in [7, 11) is 0. The van der Waals surface area contributed by atoms with E-state index in [1.165, 1.54) is 24.0 Å². The summed E-state index contributed by atoms with van der Waals surface area (Å²) in [5, 5.41) is 0. The fourth-order valence-electron chi connectivity index (χ4n) is 1.78. The van der Waals surface area contributed by atoms with Crippen LogP contribution in [0.25, 0.3) is 0 Å². The molecule has 2 rings (SSSR count). The number of hydrogen-bond donors (Lipinski definition) is 0. The van der Waals surface area contributed by atoms with E-state index in [0.717, 1.165) is 12.3 Å². The van der Waals surface area contributed by atoms with Crippen molar-refractivity contribution in [2.45, 2.75) is 25.2 Å². The van der Waals surface area contributed by atoms with Gasteiger partial charge in [0.15, 0.2) is 0 Å². The lowest BCUT2D eigenvalue weighted by atomic mass is 10.0. The van der Waals surface area contributed by atoms with Crippen LogP contribution in [0.15, 0.2) is 29.3 Å². The summed E-state index contributed by atoms with van der Waals surface area (Å²) in [6, 6.07) is 8.46. The lowest BCUT2D eigenvalue weighted by Gasteiger charge is -2.05. The van der Waals surface area contributed by atoms with Crippen LogP contribution in [0, 0.1) is 0 Å². The second-order valence-corrected chi connectivity index (χ2v) is 3.70. The van der Waals surface area contributed by atoms with E-state index >= 15 is 0 Å². The molecule has 72 valence electrons. The van der Waals surface area contributed by atoms with Crippen molar-refractivity contribution in [3.05, 3.63) is 35.4 Å². The molecule has 0 heterocycles. The van der Waals surface area contributed by atoms with E-state index < -0.39 is 0 Å². The summed E-state index contributed by atoms with van der Waals surface area (Å²) in [5.74, 6) is 0.770. The molecule has 0 atom stereocenters. The van der Waals surface area contributed by atoms with Crippen LogP contribution >= 0.6 is 0 Å². The Balaban J connectivity index is 2.10. The first-order chi connectivity index (χ1) is 6.92. The SMILES string of the molecule is O=C=NCCc1ccccc1C1CC1. The van der Waals surface area contributed by atoms with Crippen molar-refractivity contribution in [1.82, 2.24) is 0 Å². The van der Waals surface area contributed by atoms with Crippen molar-refractivity contribution in [3.63, 3.8) is 0 Å². The number of carbonyl (C=O) groups excluding carboxylic acids is 1. The molecule has 14 heavy (non-hydrogen) atoms. The van der Waals surface area contributed by atoms with Gasteiger partial charge in [0.2, 0.25) is 6.08 Å². The molecule has 1 fully saturated rings. The first-order valence-electron chi connectivity index (χ1n) is 5.03. The Morgan fingerprint density at radius 1 is 1.36 bits per heavy atom. The highest BCUT2D eigenvalue weighted by molar-refractivity contribution is 5.35. The van der Waals surface area contributed by atoms with E-state index in [-0.39, 0.29) is 0 Å². The first kappa shape index (κ1) is 9.17. The number of rotatable bonds is 4. The maximum absolute atomic E-state index is 9.93. The Labute approximate surface area is 83.7 Å². The van der Waals surface area contributed by atoms with Gasteiger partial charge in [-0.15, -0.1) is 0 Å². The Kier molecular flexibility index (Phi) is 2.76. The summed E-state index contributed by atoms with van der Waals surface area (Å²) in [6.07, 6.45) is 5.07. The van der Waals surface area contributed by atoms with Crippen molar-refractivity contribution in [2.24, 2.45) is 4.99 Å². The van der Waals surface area contributed by atoms with Gasteiger partial charge >= 0.3 is 0 Å². The molecular formula is C12H13NO. The minimum Gasteiger partial charge on any atom is -0.211 e. The van der Waals surface area contributed by atoms with Gasteiger partial charge in [-0.1, -0.05) is 24.3 Å². The topological polar surface area (TPSA) is 29.4 Å². The molecule has 1 aliphatic carbocycles. The molecular weight excluding hydrogens is 174 g/mol. The Morgan fingerprint density at radius 3 is 2.86 bits per heavy atom. The lowest BCUT2D eigenvalue weighted by Crippen LogP contribution is -1.94. The zero-order valence-corrected chi connectivity index (χ0v) is 8.07. The summed E-state index contributed by atoms with van der Waals surface area (Å²) < 4.78 is 0. The van der Waals surface area contributed by atoms with Crippen molar-refractivity contribution < 1.29 is 4.79 Å². The van der Waals surface area contributed by atoms with Crippen LogP contribution in [0.3, 0.4) is 0 Å². The van der Waals surface area contributed by atoms with Crippen LogP contribution in [0.4, 0.5) is 0 Å². The highest BCUT2D eigenvalue weighted by Crippen LogP contribution is 2.41. The third kappa shape index (κ3) is 2.09. The molecule has 0 spiro atoms. The minimum absolute atomic E-state index is 0.563. The second kappa shape index (κ2) is 4.21. The van der Waals surface area contributed by atoms with E-state index in [0.29, 0.717) is 6.54 Å². The molecule has 0 bridgehead atoms. The Morgan fingerprint density at radius 2 is 2.14 bits per heavy atom. The molecule has 0 saturated heterocycles. The van der Waals surface area contributed by atoms with E-state index in [9.17, 15) is 4.79 Å². The normalized spacial score (nSPS) is 14.9. The maximum atomic E-state index is 9.93. The van der Waals surface area contributed by atoms with Crippen LogP contribution in [-0.4, -0.2) is 12.6 Å². The largest absolute Gasteiger partial charge is 0.234 e. The van der Waals surface area contributed by atoms with Crippen LogP contribution in [-0.2, 0) is 11.2 Å². The van der Waals surface area contributed by atoms with E-state index in [1.807, 2.05) is 6.07 Å². The predicted molar refractivity (Wildman–Crippen MR) is 55.1 cm³/mol. The molecule has 1 aromatic rings. The third-order valence-corrected chi connectivity index (χ3v) is 2.63. The molecule has 0 unspecified atom stereocenters. The number of aliphatic imine (C=N–C) groups is 1. The summed E-state index contributed by atoms with van der Waals surface area (Å²) in [4.78, 5) is 13.5. The molecule has 0 amide bonds. The average Bonchev–Trinajstić information content (AvgIpc) is 3.03. The number of nitrogens with zero attached hydrogens (tertiary/aromatic N) is 1. The van der Waals surface area contributed by atoms with Gasteiger partial charge < -0.3 is 0 Å². The molecule has 0 aliphatic heterocycles. The predicted octanol–water partition coefficient (Wildman–Crippen LogP) is 2.44. The number of benzene rings is 1. The summed E-state index contributed by atoms with van der Waals surface area (Å²) in [5.41, 5.74) is 2.79. The zero-order valence-electron chi connectivity index (χ0n) is 8.07. The smallest absolute Gasteiger partial charge is 0.211 e. The quantitative estimate of drug-likeness (QED) is 0.526. The number of hydrogen-bond acceptors (Lipinski definition) is 2. The van der Waals surface area contributed by atoms with Crippen molar-refractivity contribution in [2.75, 3.05) is 6.54 Å². The Hall–Kier alpha value is -1.40. The van der Waals surface area contributed by atoms with Gasteiger partial charge in [-0.25, -0.2) is 9.79 Å². The zero-order chi connectivity index (χ0) is 9.80. The van der Waals surface area contributed by atoms with E-state index in [1.54, 1.807) is 6.08 Å². The standard InChI is InChI=1S/C12H13NO/c14-9-13-8-7-10-3-1-2-4-12(10)11-5-6-11/h1-4,11H,5-8H2. The molecule has 1 aromatic carbocycles. The minimum atomic E-state index is 0.563. The van der Waals surface area contributed by atoms with E-state index in [2.05, 4.69) is 23.2 Å². The van der Waals surface area contributed by atoms with Crippen LogP contribution in [0.5, 0.6) is 0 Å². The fraction of sp³-hybridized carbons (Fsp3) is 0.417. The third-order valence-electron chi connectivity index (χ3n) is 2.63. The van der Waals surface area contributed by atoms with E-state index in [4.69, 9.17) is 0 Å². The van der Waals surface area contributed by atoms with Gasteiger partial charge in [-0.05, 0) is 36.3 Å². The molecule has 1 aliphatic rings. The molecule has 2 heteroatoms. The fourth-order valence-corrected chi connectivity index (χ4v) is 1.78. The monoisotopic (exact) mass is 187 g/mol. The van der Waals surface area contributed by atoms with Crippen molar-refractivity contribution in [3.8, 4) is 0 Å². The number of isocyanates is 1. The van der Waals surface area contributed by atoms with Gasteiger partial charge in [0.25, 0.3) is 0 Å².